The Balaban J connectivity index is 1.29. The number of aryl methyl sites for hydroxylation is 1. The summed E-state index contributed by atoms with van der Waals surface area (Å²) in [5.74, 6) is 2.71. The number of fused-ring (bicyclic) bond motifs is 1. The lowest BCUT2D eigenvalue weighted by molar-refractivity contribution is 0.0930. The third-order valence-corrected chi connectivity index (χ3v) is 6.00. The zero-order valence-corrected chi connectivity index (χ0v) is 16.3. The first kappa shape index (κ1) is 17.7. The molecule has 4 rings (SSSR count). The first-order chi connectivity index (χ1) is 12.6. The molecule has 0 bridgehead atoms. The highest BCUT2D eigenvalue weighted by Gasteiger charge is 2.25. The lowest BCUT2D eigenvalue weighted by Crippen LogP contribution is -2.50. The van der Waals surface area contributed by atoms with Crippen molar-refractivity contribution in [1.82, 2.24) is 29.6 Å². The molecular formula is C19H31N7. The number of hydrogen-bond donors (Lipinski definition) is 0. The van der Waals surface area contributed by atoms with Crippen LogP contribution in [0.3, 0.4) is 0 Å². The van der Waals surface area contributed by atoms with Crippen molar-refractivity contribution >= 4 is 11.5 Å². The molecule has 0 aliphatic carbocycles. The molecule has 0 radical (unpaired) electrons. The van der Waals surface area contributed by atoms with Crippen LogP contribution in [0.4, 0.5) is 5.82 Å². The van der Waals surface area contributed by atoms with Crippen molar-refractivity contribution in [2.75, 3.05) is 50.7 Å². The molecule has 142 valence electrons. The van der Waals surface area contributed by atoms with Gasteiger partial charge >= 0.3 is 0 Å². The van der Waals surface area contributed by atoms with Crippen molar-refractivity contribution in [1.29, 1.82) is 0 Å². The fourth-order valence-electron chi connectivity index (χ4n) is 4.23. The molecule has 0 N–H and O–H groups in total. The summed E-state index contributed by atoms with van der Waals surface area (Å²) < 4.78 is 1.84. The third-order valence-electron chi connectivity index (χ3n) is 6.00. The molecule has 7 nitrogen and oxygen atoms in total. The molecule has 0 saturated carbocycles. The van der Waals surface area contributed by atoms with E-state index in [0.29, 0.717) is 6.04 Å². The Morgan fingerprint density at radius 2 is 1.73 bits per heavy atom. The molecular weight excluding hydrogens is 326 g/mol. The van der Waals surface area contributed by atoms with Gasteiger partial charge in [-0.25, -0.2) is 0 Å². The summed E-state index contributed by atoms with van der Waals surface area (Å²) in [6.45, 7) is 14.9. The molecule has 0 aromatic carbocycles. The van der Waals surface area contributed by atoms with Crippen LogP contribution >= 0.6 is 0 Å². The first-order valence-electron chi connectivity index (χ1n) is 10.0. The Hall–Kier alpha value is -1.73. The van der Waals surface area contributed by atoms with Crippen molar-refractivity contribution in [3.63, 3.8) is 0 Å². The summed E-state index contributed by atoms with van der Waals surface area (Å²) in [4.78, 5) is 7.67. The van der Waals surface area contributed by atoms with E-state index in [1.807, 2.05) is 17.5 Å². The second-order valence-electron chi connectivity index (χ2n) is 8.07. The molecule has 2 aliphatic heterocycles. The molecule has 0 spiro atoms. The normalized spacial score (nSPS) is 21.2. The molecule has 26 heavy (non-hydrogen) atoms. The lowest BCUT2D eigenvalue weighted by atomic mass is 9.96. The monoisotopic (exact) mass is 357 g/mol. The molecule has 2 aromatic heterocycles. The number of nitrogens with zero attached hydrogens (tertiary/aromatic N) is 7. The number of piperazine rings is 1. The van der Waals surface area contributed by atoms with Crippen molar-refractivity contribution in [3.8, 4) is 0 Å². The molecule has 0 atom stereocenters. The van der Waals surface area contributed by atoms with Gasteiger partial charge in [0.2, 0.25) is 0 Å². The summed E-state index contributed by atoms with van der Waals surface area (Å²) in [7, 11) is 0. The maximum atomic E-state index is 4.73. The van der Waals surface area contributed by atoms with Crippen molar-refractivity contribution in [2.45, 2.75) is 39.7 Å². The molecule has 2 saturated heterocycles. The molecule has 4 heterocycles. The average Bonchev–Trinajstić information content (AvgIpc) is 3.03. The smallest absolute Gasteiger partial charge is 0.178 e. The van der Waals surface area contributed by atoms with Gasteiger partial charge in [0.05, 0.1) is 0 Å². The Bertz CT molecular complexity index is 725. The van der Waals surface area contributed by atoms with E-state index in [2.05, 4.69) is 44.8 Å². The predicted octanol–water partition coefficient (Wildman–Crippen LogP) is 1.68. The number of rotatable bonds is 4. The topological polar surface area (TPSA) is 52.8 Å². The number of piperidine rings is 1. The molecule has 0 unspecified atom stereocenters. The van der Waals surface area contributed by atoms with Gasteiger partial charge in [0, 0.05) is 51.9 Å². The lowest BCUT2D eigenvalue weighted by Gasteiger charge is -2.40. The van der Waals surface area contributed by atoms with E-state index in [0.717, 1.165) is 36.3 Å². The van der Waals surface area contributed by atoms with Crippen molar-refractivity contribution in [3.05, 3.63) is 18.0 Å². The largest absolute Gasteiger partial charge is 0.355 e. The van der Waals surface area contributed by atoms with Crippen molar-refractivity contribution < 1.29 is 0 Å². The second-order valence-corrected chi connectivity index (χ2v) is 8.07. The van der Waals surface area contributed by atoms with E-state index in [4.69, 9.17) is 5.10 Å². The molecule has 2 fully saturated rings. The predicted molar refractivity (Wildman–Crippen MR) is 104 cm³/mol. The fourth-order valence-corrected chi connectivity index (χ4v) is 4.23. The SMILES string of the molecule is Cc1nnc2ccc(N3CCC(CN4CCN(C(C)C)CC4)CC3)nn12. The van der Waals surface area contributed by atoms with Crippen LogP contribution in [-0.4, -0.2) is 81.5 Å². The van der Waals surface area contributed by atoms with E-state index in [1.54, 1.807) is 0 Å². The number of hydrogen-bond acceptors (Lipinski definition) is 6. The van der Waals surface area contributed by atoms with Crippen LogP contribution in [0.15, 0.2) is 12.1 Å². The van der Waals surface area contributed by atoms with Crippen LogP contribution < -0.4 is 4.90 Å². The minimum absolute atomic E-state index is 0.680. The minimum Gasteiger partial charge on any atom is -0.355 e. The van der Waals surface area contributed by atoms with Gasteiger partial charge < -0.3 is 9.80 Å². The number of anilines is 1. The minimum atomic E-state index is 0.680. The van der Waals surface area contributed by atoms with Crippen LogP contribution in [0.25, 0.3) is 5.65 Å². The highest BCUT2D eigenvalue weighted by molar-refractivity contribution is 5.45. The van der Waals surface area contributed by atoms with Gasteiger partial charge in [-0.15, -0.1) is 15.3 Å². The Kier molecular flexibility index (Phi) is 5.09. The van der Waals surface area contributed by atoms with Gasteiger partial charge in [-0.2, -0.15) is 4.52 Å². The van der Waals surface area contributed by atoms with E-state index in [9.17, 15) is 0 Å². The van der Waals surface area contributed by atoms with Crippen LogP contribution in [-0.2, 0) is 0 Å². The highest BCUT2D eigenvalue weighted by Crippen LogP contribution is 2.23. The van der Waals surface area contributed by atoms with Crippen LogP contribution in [0.2, 0.25) is 0 Å². The van der Waals surface area contributed by atoms with Gasteiger partial charge in [0.25, 0.3) is 0 Å². The zero-order chi connectivity index (χ0) is 18.1. The van der Waals surface area contributed by atoms with Gasteiger partial charge in [-0.3, -0.25) is 4.90 Å². The summed E-state index contributed by atoms with van der Waals surface area (Å²) in [5.41, 5.74) is 0.821. The van der Waals surface area contributed by atoms with E-state index < -0.39 is 0 Å². The van der Waals surface area contributed by atoms with Gasteiger partial charge in [0.15, 0.2) is 11.5 Å². The number of aromatic nitrogens is 4. The standard InChI is InChI=1S/C19H31N7/c1-15(2)24-12-10-23(11-13-24)14-17-6-8-25(9-7-17)19-5-4-18-21-20-16(3)26(18)22-19/h4-5,15,17H,6-14H2,1-3H3. The van der Waals surface area contributed by atoms with E-state index in [-0.39, 0.29) is 0 Å². The first-order valence-corrected chi connectivity index (χ1v) is 10.0. The molecule has 2 aliphatic rings. The van der Waals surface area contributed by atoms with Gasteiger partial charge in [-0.05, 0) is 51.7 Å². The summed E-state index contributed by atoms with van der Waals surface area (Å²) in [6, 6.07) is 4.77. The molecule has 0 amide bonds. The molecule has 2 aromatic rings. The van der Waals surface area contributed by atoms with E-state index in [1.165, 1.54) is 45.6 Å². The zero-order valence-electron chi connectivity index (χ0n) is 16.3. The second kappa shape index (κ2) is 7.48. The summed E-state index contributed by atoms with van der Waals surface area (Å²) >= 11 is 0. The summed E-state index contributed by atoms with van der Waals surface area (Å²) in [6.07, 6.45) is 2.51. The maximum absolute atomic E-state index is 4.73. The summed E-state index contributed by atoms with van der Waals surface area (Å²) in [5, 5.41) is 12.9. The fraction of sp³-hybridized carbons (Fsp3) is 0.737. The van der Waals surface area contributed by atoms with Crippen molar-refractivity contribution in [2.24, 2.45) is 5.92 Å². The van der Waals surface area contributed by atoms with Gasteiger partial charge in [0.1, 0.15) is 5.82 Å². The Morgan fingerprint density at radius 1 is 1.00 bits per heavy atom. The Morgan fingerprint density at radius 3 is 2.42 bits per heavy atom. The van der Waals surface area contributed by atoms with E-state index >= 15 is 0 Å². The van der Waals surface area contributed by atoms with Gasteiger partial charge in [-0.1, -0.05) is 0 Å². The van der Waals surface area contributed by atoms with Crippen LogP contribution in [0, 0.1) is 12.8 Å². The third kappa shape index (κ3) is 3.69. The maximum Gasteiger partial charge on any atom is 0.178 e. The van der Waals surface area contributed by atoms with Crippen LogP contribution in [0.1, 0.15) is 32.5 Å². The Labute approximate surface area is 156 Å². The molecule has 7 heteroatoms. The highest BCUT2D eigenvalue weighted by atomic mass is 15.4. The quantitative estimate of drug-likeness (QED) is 0.830. The van der Waals surface area contributed by atoms with Crippen LogP contribution in [0.5, 0.6) is 0 Å². The average molecular weight is 358 g/mol.